The molecule has 1 heterocycles. The monoisotopic (exact) mass is 293 g/mol. The van der Waals surface area contributed by atoms with Crippen LogP contribution in [-0.2, 0) is 20.7 Å². The molecular formula is C16H20FNO3. The van der Waals surface area contributed by atoms with Gasteiger partial charge in [-0.15, -0.1) is 0 Å². The van der Waals surface area contributed by atoms with Crippen molar-refractivity contribution in [1.29, 1.82) is 0 Å². The Labute approximate surface area is 123 Å². The third-order valence-corrected chi connectivity index (χ3v) is 3.66. The molecule has 114 valence electrons. The fraction of sp³-hybridized carbons (Fsp3) is 0.500. The highest BCUT2D eigenvalue weighted by Crippen LogP contribution is 2.19. The van der Waals surface area contributed by atoms with E-state index in [1.807, 2.05) is 0 Å². The number of hydrogen-bond donors (Lipinski definition) is 0. The number of carbonyl (C=O) groups is 2. The fourth-order valence-corrected chi connectivity index (χ4v) is 2.54. The summed E-state index contributed by atoms with van der Waals surface area (Å²) < 4.78 is 17.9. The van der Waals surface area contributed by atoms with Gasteiger partial charge in [0.05, 0.1) is 18.9 Å². The number of nitrogens with zero attached hydrogens (tertiary/aromatic N) is 1. The van der Waals surface area contributed by atoms with E-state index in [9.17, 15) is 14.0 Å². The van der Waals surface area contributed by atoms with E-state index in [-0.39, 0.29) is 30.0 Å². The van der Waals surface area contributed by atoms with Crippen molar-refractivity contribution in [3.8, 4) is 0 Å². The molecule has 0 aliphatic carbocycles. The van der Waals surface area contributed by atoms with Gasteiger partial charge in [-0.05, 0) is 37.5 Å². The van der Waals surface area contributed by atoms with Gasteiger partial charge >= 0.3 is 5.97 Å². The molecule has 0 N–H and O–H groups in total. The lowest BCUT2D eigenvalue weighted by Crippen LogP contribution is -2.43. The van der Waals surface area contributed by atoms with E-state index in [0.29, 0.717) is 19.7 Å². The maximum atomic E-state index is 12.8. The van der Waals surface area contributed by atoms with E-state index in [4.69, 9.17) is 4.74 Å². The molecule has 5 heteroatoms. The highest BCUT2D eigenvalue weighted by molar-refractivity contribution is 5.80. The predicted octanol–water partition coefficient (Wildman–Crippen LogP) is 2.17. The van der Waals surface area contributed by atoms with Crippen molar-refractivity contribution in [3.63, 3.8) is 0 Å². The molecule has 2 rings (SSSR count). The zero-order valence-electron chi connectivity index (χ0n) is 12.2. The fourth-order valence-electron chi connectivity index (χ4n) is 2.54. The first-order valence-electron chi connectivity index (χ1n) is 7.29. The Morgan fingerprint density at radius 1 is 1.33 bits per heavy atom. The lowest BCUT2D eigenvalue weighted by molar-refractivity contribution is -0.151. The number of ether oxygens (including phenoxy) is 1. The third-order valence-electron chi connectivity index (χ3n) is 3.66. The predicted molar refractivity (Wildman–Crippen MR) is 76.0 cm³/mol. The maximum absolute atomic E-state index is 12.8. The summed E-state index contributed by atoms with van der Waals surface area (Å²) in [6.07, 6.45) is 1.80. The molecule has 0 aromatic heterocycles. The Morgan fingerprint density at radius 2 is 2.05 bits per heavy atom. The number of hydrogen-bond acceptors (Lipinski definition) is 3. The van der Waals surface area contributed by atoms with E-state index >= 15 is 0 Å². The molecule has 1 aliphatic heterocycles. The second-order valence-corrected chi connectivity index (χ2v) is 5.23. The molecule has 1 aromatic carbocycles. The van der Waals surface area contributed by atoms with Crippen LogP contribution in [0.2, 0.25) is 0 Å². The van der Waals surface area contributed by atoms with Gasteiger partial charge in [-0.1, -0.05) is 12.1 Å². The van der Waals surface area contributed by atoms with Crippen LogP contribution in [0.5, 0.6) is 0 Å². The van der Waals surface area contributed by atoms with Gasteiger partial charge in [-0.3, -0.25) is 9.59 Å². The number of likely N-dealkylation sites (tertiary alicyclic amines) is 1. The number of piperidine rings is 1. The molecule has 1 saturated heterocycles. The second-order valence-electron chi connectivity index (χ2n) is 5.23. The number of halogens is 1. The molecule has 0 spiro atoms. The number of benzene rings is 1. The molecule has 0 unspecified atom stereocenters. The van der Waals surface area contributed by atoms with Crippen molar-refractivity contribution in [2.75, 3.05) is 19.7 Å². The van der Waals surface area contributed by atoms with Gasteiger partial charge < -0.3 is 9.64 Å². The van der Waals surface area contributed by atoms with Crippen molar-refractivity contribution in [3.05, 3.63) is 35.6 Å². The van der Waals surface area contributed by atoms with E-state index in [0.717, 1.165) is 18.4 Å². The van der Waals surface area contributed by atoms with Gasteiger partial charge in [0, 0.05) is 13.1 Å². The molecule has 1 aromatic rings. The molecule has 1 aliphatic rings. The first kappa shape index (κ1) is 15.5. The first-order valence-corrected chi connectivity index (χ1v) is 7.29. The summed E-state index contributed by atoms with van der Waals surface area (Å²) >= 11 is 0. The standard InChI is InChI=1S/C16H20FNO3/c1-2-21-16(20)13-4-3-9-18(11-13)15(19)10-12-5-7-14(17)8-6-12/h5-8,13H,2-4,9-11H2,1H3/t13-/m1/s1. The third kappa shape index (κ3) is 4.28. The van der Waals surface area contributed by atoms with Crippen molar-refractivity contribution in [1.82, 2.24) is 4.90 Å². The van der Waals surface area contributed by atoms with Gasteiger partial charge in [-0.2, -0.15) is 0 Å². The Morgan fingerprint density at radius 3 is 2.71 bits per heavy atom. The molecule has 21 heavy (non-hydrogen) atoms. The maximum Gasteiger partial charge on any atom is 0.310 e. The summed E-state index contributed by atoms with van der Waals surface area (Å²) in [6.45, 7) is 3.21. The number of amides is 1. The van der Waals surface area contributed by atoms with Gasteiger partial charge in [0.1, 0.15) is 5.82 Å². The smallest absolute Gasteiger partial charge is 0.310 e. The number of carbonyl (C=O) groups excluding carboxylic acids is 2. The molecule has 0 saturated carbocycles. The van der Waals surface area contributed by atoms with Gasteiger partial charge in [0.15, 0.2) is 0 Å². The Balaban J connectivity index is 1.92. The quantitative estimate of drug-likeness (QED) is 0.799. The highest BCUT2D eigenvalue weighted by atomic mass is 19.1. The number of rotatable bonds is 4. The van der Waals surface area contributed by atoms with Crippen molar-refractivity contribution >= 4 is 11.9 Å². The van der Waals surface area contributed by atoms with Crippen LogP contribution in [0.4, 0.5) is 4.39 Å². The lowest BCUT2D eigenvalue weighted by atomic mass is 9.97. The van der Waals surface area contributed by atoms with Gasteiger partial charge in [0.25, 0.3) is 0 Å². The molecule has 1 fully saturated rings. The Bertz CT molecular complexity index is 501. The lowest BCUT2D eigenvalue weighted by Gasteiger charge is -2.31. The molecule has 1 amide bonds. The zero-order chi connectivity index (χ0) is 15.2. The highest BCUT2D eigenvalue weighted by Gasteiger charge is 2.29. The average molecular weight is 293 g/mol. The van der Waals surface area contributed by atoms with Gasteiger partial charge in [0.2, 0.25) is 5.91 Å². The summed E-state index contributed by atoms with van der Waals surface area (Å²) in [6, 6.07) is 5.92. The van der Waals surface area contributed by atoms with Crippen molar-refractivity contribution in [2.24, 2.45) is 5.92 Å². The summed E-state index contributed by atoms with van der Waals surface area (Å²) in [5.41, 5.74) is 0.777. The minimum Gasteiger partial charge on any atom is -0.466 e. The largest absolute Gasteiger partial charge is 0.466 e. The van der Waals surface area contributed by atoms with Crippen LogP contribution < -0.4 is 0 Å². The first-order chi connectivity index (χ1) is 10.1. The SMILES string of the molecule is CCOC(=O)[C@@H]1CCCN(C(=O)Cc2ccc(F)cc2)C1. The van der Waals surface area contributed by atoms with Crippen LogP contribution in [0.15, 0.2) is 24.3 Å². The Kier molecular flexibility index (Phi) is 5.31. The van der Waals surface area contributed by atoms with Crippen LogP contribution in [0.3, 0.4) is 0 Å². The summed E-state index contributed by atoms with van der Waals surface area (Å²) in [5.74, 6) is -0.796. The van der Waals surface area contributed by atoms with Gasteiger partial charge in [-0.25, -0.2) is 4.39 Å². The molecule has 0 bridgehead atoms. The molecule has 4 nitrogen and oxygen atoms in total. The van der Waals surface area contributed by atoms with E-state index < -0.39 is 0 Å². The topological polar surface area (TPSA) is 46.6 Å². The average Bonchev–Trinajstić information content (AvgIpc) is 2.50. The van der Waals surface area contributed by atoms with Crippen LogP contribution in [0, 0.1) is 11.7 Å². The zero-order valence-corrected chi connectivity index (χ0v) is 12.2. The summed E-state index contributed by atoms with van der Waals surface area (Å²) in [4.78, 5) is 25.7. The van der Waals surface area contributed by atoms with Crippen LogP contribution in [0.25, 0.3) is 0 Å². The van der Waals surface area contributed by atoms with Crippen LogP contribution >= 0.6 is 0 Å². The Hall–Kier alpha value is -1.91. The minimum atomic E-state index is -0.313. The van der Waals surface area contributed by atoms with Crippen LogP contribution in [0.1, 0.15) is 25.3 Å². The molecule has 1 atom stereocenters. The minimum absolute atomic E-state index is 0.0318. The number of esters is 1. The molecular weight excluding hydrogens is 273 g/mol. The second kappa shape index (κ2) is 7.20. The summed E-state index contributed by atoms with van der Waals surface area (Å²) in [7, 11) is 0. The summed E-state index contributed by atoms with van der Waals surface area (Å²) in [5, 5.41) is 0. The normalized spacial score (nSPS) is 18.4. The molecule has 0 radical (unpaired) electrons. The van der Waals surface area contributed by atoms with Crippen molar-refractivity contribution in [2.45, 2.75) is 26.2 Å². The van der Waals surface area contributed by atoms with E-state index in [1.54, 1.807) is 24.0 Å². The van der Waals surface area contributed by atoms with E-state index in [1.165, 1.54) is 12.1 Å². The van der Waals surface area contributed by atoms with Crippen molar-refractivity contribution < 1.29 is 18.7 Å². The van der Waals surface area contributed by atoms with Crippen LogP contribution in [-0.4, -0.2) is 36.5 Å². The van der Waals surface area contributed by atoms with E-state index in [2.05, 4.69) is 0 Å².